The number of aromatic hydroxyl groups is 1. The summed E-state index contributed by atoms with van der Waals surface area (Å²) in [4.78, 5) is 12.8. The highest BCUT2D eigenvalue weighted by molar-refractivity contribution is 5.72. The molecular formula is C30H34O16. The number of hydrogen-bond donors (Lipinski definition) is 6. The Morgan fingerprint density at radius 1 is 0.913 bits per heavy atom. The van der Waals surface area contributed by atoms with E-state index in [1.807, 2.05) is 0 Å². The molecule has 46 heavy (non-hydrogen) atoms. The van der Waals surface area contributed by atoms with Crippen LogP contribution in [0.25, 0.3) is 0 Å². The molecule has 1 aliphatic carbocycles. The molecule has 7 rings (SSSR count). The molecule has 0 radical (unpaired) electrons. The lowest BCUT2D eigenvalue weighted by Crippen LogP contribution is -2.63. The Hall–Kier alpha value is -3.45. The zero-order valence-corrected chi connectivity index (χ0v) is 24.9. The summed E-state index contributed by atoms with van der Waals surface area (Å²) in [6.07, 6.45) is -11.1. The second-order valence-electron chi connectivity index (χ2n) is 11.9. The van der Waals surface area contributed by atoms with Gasteiger partial charge in [-0.25, -0.2) is 0 Å². The molecule has 16 nitrogen and oxygen atoms in total. The molecule has 0 aromatic heterocycles. The monoisotopic (exact) mass is 650 g/mol. The second-order valence-corrected chi connectivity index (χ2v) is 11.9. The van der Waals surface area contributed by atoms with Crippen LogP contribution in [0.5, 0.6) is 28.7 Å². The summed E-state index contributed by atoms with van der Waals surface area (Å²) in [5, 5.41) is 65.8. The minimum atomic E-state index is -3.02. The first-order chi connectivity index (χ1) is 21.8. The normalized spacial score (nSPS) is 37.4. The highest BCUT2D eigenvalue weighted by atomic mass is 17.0. The average Bonchev–Trinajstić information content (AvgIpc) is 3.34. The standard InChI is InChI=1S/C30H34O16/c1-11-40-10-21-27(42-11)24(33)25(34)28(43-21)44-26-13-6-17-18(46-30(36,37)45-17)7-15(13)29(35,16-8-22(31)41-9-14(16)26)12-4-19(38-2)23(32)20(5-12)39-3/h4-7,11,14,16,21,24-28,32-37H,8-10H2,1-3H3. The molecule has 4 aliphatic heterocycles. The van der Waals surface area contributed by atoms with E-state index in [2.05, 4.69) is 0 Å². The maximum absolute atomic E-state index is 12.9. The van der Waals surface area contributed by atoms with Gasteiger partial charge in [-0.15, -0.1) is 0 Å². The Morgan fingerprint density at radius 2 is 1.59 bits per heavy atom. The number of benzene rings is 2. The van der Waals surface area contributed by atoms with Crippen molar-refractivity contribution < 1.29 is 78.1 Å². The van der Waals surface area contributed by atoms with Gasteiger partial charge in [0.25, 0.3) is 0 Å². The van der Waals surface area contributed by atoms with Crippen LogP contribution < -0.4 is 18.9 Å². The van der Waals surface area contributed by atoms with Gasteiger partial charge in [-0.1, -0.05) is 0 Å². The number of rotatable bonds is 5. The third kappa shape index (κ3) is 4.83. The van der Waals surface area contributed by atoms with Crippen molar-refractivity contribution in [1.82, 2.24) is 0 Å². The van der Waals surface area contributed by atoms with E-state index in [0.717, 1.165) is 0 Å². The minimum absolute atomic E-state index is 0.0309. The number of hydrogen-bond acceptors (Lipinski definition) is 16. The molecule has 0 bridgehead atoms. The highest BCUT2D eigenvalue weighted by Crippen LogP contribution is 2.59. The van der Waals surface area contributed by atoms with Crippen molar-refractivity contribution in [3.63, 3.8) is 0 Å². The van der Waals surface area contributed by atoms with Gasteiger partial charge in [-0.3, -0.25) is 15.0 Å². The zero-order chi connectivity index (χ0) is 32.7. The fourth-order valence-corrected chi connectivity index (χ4v) is 7.10. The first-order valence-corrected chi connectivity index (χ1v) is 14.6. The molecule has 0 saturated carbocycles. The van der Waals surface area contributed by atoms with E-state index < -0.39 is 72.7 Å². The first kappa shape index (κ1) is 31.2. The molecule has 3 fully saturated rings. The van der Waals surface area contributed by atoms with E-state index in [4.69, 9.17) is 42.6 Å². The molecule has 250 valence electrons. The highest BCUT2D eigenvalue weighted by Gasteiger charge is 2.59. The Balaban J connectivity index is 1.38. The maximum atomic E-state index is 12.9. The summed E-state index contributed by atoms with van der Waals surface area (Å²) in [6.45, 7) is 1.47. The van der Waals surface area contributed by atoms with Crippen LogP contribution in [0.15, 0.2) is 24.3 Å². The number of ether oxygens (including phenoxy) is 9. The van der Waals surface area contributed by atoms with E-state index in [0.29, 0.717) is 0 Å². The van der Waals surface area contributed by atoms with Gasteiger partial charge in [-0.2, -0.15) is 0 Å². The third-order valence-electron chi connectivity index (χ3n) is 9.27. The predicted molar refractivity (Wildman–Crippen MR) is 146 cm³/mol. The molecule has 3 saturated heterocycles. The molecule has 4 heterocycles. The van der Waals surface area contributed by atoms with Crippen molar-refractivity contribution >= 4 is 5.97 Å². The molecule has 5 aliphatic rings. The van der Waals surface area contributed by atoms with E-state index in [1.165, 1.54) is 38.5 Å². The number of methoxy groups -OCH3 is 2. The van der Waals surface area contributed by atoms with Crippen molar-refractivity contribution in [2.24, 2.45) is 11.8 Å². The van der Waals surface area contributed by atoms with Gasteiger partial charge >= 0.3 is 12.1 Å². The number of esters is 1. The Labute approximate surface area is 261 Å². The molecule has 2 aromatic carbocycles. The van der Waals surface area contributed by atoms with Crippen LogP contribution in [0, 0.1) is 11.8 Å². The number of phenols is 1. The van der Waals surface area contributed by atoms with E-state index >= 15 is 0 Å². The fraction of sp³-hybridized carbons (Fsp3) is 0.567. The minimum Gasteiger partial charge on any atom is -0.502 e. The van der Waals surface area contributed by atoms with Gasteiger partial charge in [0.05, 0.1) is 40.0 Å². The van der Waals surface area contributed by atoms with Crippen LogP contribution in [0.4, 0.5) is 0 Å². The summed E-state index contributed by atoms with van der Waals surface area (Å²) in [7, 11) is 2.64. The summed E-state index contributed by atoms with van der Waals surface area (Å²) >= 11 is 0. The molecule has 16 heteroatoms. The van der Waals surface area contributed by atoms with Gasteiger partial charge in [-0.05, 0) is 47.9 Å². The van der Waals surface area contributed by atoms with Crippen molar-refractivity contribution in [2.45, 2.75) is 68.2 Å². The van der Waals surface area contributed by atoms with Gasteiger partial charge in [0.1, 0.15) is 30.0 Å². The number of carbonyl (C=O) groups excluding carboxylic acids is 1. The number of fused-ring (bicyclic) bond motifs is 4. The lowest BCUT2D eigenvalue weighted by Gasteiger charge is -2.52. The van der Waals surface area contributed by atoms with Crippen LogP contribution >= 0.6 is 0 Å². The van der Waals surface area contributed by atoms with Crippen molar-refractivity contribution in [3.8, 4) is 28.7 Å². The van der Waals surface area contributed by atoms with E-state index in [-0.39, 0.29) is 65.1 Å². The smallest absolute Gasteiger partial charge is 0.502 e. The number of aliphatic hydroxyl groups is 5. The predicted octanol–water partition coefficient (Wildman–Crippen LogP) is -0.529. The molecule has 0 amide bonds. The summed E-state index contributed by atoms with van der Waals surface area (Å²) in [6, 6.07) is 5.48. The van der Waals surface area contributed by atoms with E-state index in [9.17, 15) is 35.4 Å². The lowest BCUT2D eigenvalue weighted by molar-refractivity contribution is -0.385. The number of carbonyl (C=O) groups is 1. The molecule has 0 spiro atoms. The number of cyclic esters (lactones) is 1. The quantitative estimate of drug-likeness (QED) is 0.177. The van der Waals surface area contributed by atoms with Crippen molar-refractivity contribution in [3.05, 3.63) is 41.0 Å². The first-order valence-electron chi connectivity index (χ1n) is 14.6. The Morgan fingerprint density at radius 3 is 2.26 bits per heavy atom. The maximum Gasteiger partial charge on any atom is 0.505 e. The number of phenolic OH excluding ortho intramolecular Hbond substituents is 1. The second kappa shape index (κ2) is 11.1. The van der Waals surface area contributed by atoms with Crippen molar-refractivity contribution in [2.75, 3.05) is 27.4 Å². The molecule has 10 unspecified atom stereocenters. The van der Waals surface area contributed by atoms with Gasteiger partial charge in [0, 0.05) is 11.8 Å². The third-order valence-corrected chi connectivity index (χ3v) is 9.27. The fourth-order valence-electron chi connectivity index (χ4n) is 7.10. The van der Waals surface area contributed by atoms with Crippen LogP contribution in [0.2, 0.25) is 0 Å². The summed E-state index contributed by atoms with van der Waals surface area (Å²) in [5.74, 6) is -3.03. The Bertz CT molecular complexity index is 1500. The summed E-state index contributed by atoms with van der Waals surface area (Å²) in [5.41, 5.74) is -1.57. The Kier molecular flexibility index (Phi) is 7.50. The zero-order valence-electron chi connectivity index (χ0n) is 24.9. The molecular weight excluding hydrogens is 616 g/mol. The van der Waals surface area contributed by atoms with Gasteiger partial charge < -0.3 is 63.1 Å². The van der Waals surface area contributed by atoms with Gasteiger partial charge in [0.15, 0.2) is 35.6 Å². The van der Waals surface area contributed by atoms with Crippen LogP contribution in [-0.2, 0) is 34.1 Å². The van der Waals surface area contributed by atoms with E-state index in [1.54, 1.807) is 6.92 Å². The van der Waals surface area contributed by atoms with Crippen molar-refractivity contribution in [1.29, 1.82) is 0 Å². The molecule has 10 atom stereocenters. The molecule has 2 aromatic rings. The largest absolute Gasteiger partial charge is 0.505 e. The average molecular weight is 651 g/mol. The number of aliphatic hydroxyl groups excluding tert-OH is 2. The summed E-state index contributed by atoms with van der Waals surface area (Å²) < 4.78 is 50.1. The lowest BCUT2D eigenvalue weighted by atomic mass is 9.60. The SMILES string of the molecule is COc1cc(C2(O)c3cc4c(cc3C(OC3OC5COC(C)OC5C(O)C3O)C3COC(=O)CC32)OC(O)(O)O4)cc(OC)c1O. The van der Waals surface area contributed by atoms with Crippen LogP contribution in [-0.4, -0.2) is 107 Å². The molecule has 6 N–H and O–H groups in total. The van der Waals surface area contributed by atoms with Crippen LogP contribution in [0.1, 0.15) is 36.1 Å². The van der Waals surface area contributed by atoms with Crippen LogP contribution in [0.3, 0.4) is 0 Å². The topological polar surface area (TPSA) is 222 Å². The van der Waals surface area contributed by atoms with Gasteiger partial charge in [0.2, 0.25) is 5.75 Å².